The summed E-state index contributed by atoms with van der Waals surface area (Å²) in [5, 5.41) is 5.06. The molecule has 30 heavy (non-hydrogen) atoms. The fraction of sp³-hybridized carbons (Fsp3) is 0.286. The van der Waals surface area contributed by atoms with E-state index in [-0.39, 0.29) is 6.54 Å². The van der Waals surface area contributed by atoms with Crippen LogP contribution in [0.2, 0.25) is 0 Å². The van der Waals surface area contributed by atoms with Gasteiger partial charge in [-0.15, -0.1) is 0 Å². The molecule has 0 saturated carbocycles. The van der Waals surface area contributed by atoms with Gasteiger partial charge in [0.2, 0.25) is 0 Å². The summed E-state index contributed by atoms with van der Waals surface area (Å²) in [6, 6.07) is 11.7. The average molecular weight is 479 g/mol. The van der Waals surface area contributed by atoms with Gasteiger partial charge in [0.15, 0.2) is 18.1 Å². The number of carbonyl (C=O) groups is 3. The first-order valence-corrected chi connectivity index (χ1v) is 10.1. The van der Waals surface area contributed by atoms with E-state index in [0.29, 0.717) is 36.0 Å². The molecular weight excluding hydrogens is 456 g/mol. The number of amides is 2. The van der Waals surface area contributed by atoms with Gasteiger partial charge in [0.1, 0.15) is 6.54 Å². The zero-order chi connectivity index (χ0) is 21.9. The minimum atomic E-state index is -0.727. The number of halogens is 1. The van der Waals surface area contributed by atoms with Crippen molar-refractivity contribution in [2.24, 2.45) is 0 Å². The van der Waals surface area contributed by atoms with E-state index in [4.69, 9.17) is 14.2 Å². The van der Waals surface area contributed by atoms with Crippen LogP contribution in [0.3, 0.4) is 0 Å². The molecule has 2 N–H and O–H groups in total. The fourth-order valence-corrected chi connectivity index (χ4v) is 2.81. The van der Waals surface area contributed by atoms with Crippen LogP contribution in [0.5, 0.6) is 11.5 Å². The van der Waals surface area contributed by atoms with Gasteiger partial charge in [0.25, 0.3) is 11.8 Å². The van der Waals surface area contributed by atoms with Crippen molar-refractivity contribution in [3.63, 3.8) is 0 Å². The van der Waals surface area contributed by atoms with Crippen molar-refractivity contribution >= 4 is 39.4 Å². The molecule has 0 radical (unpaired) electrons. The first-order chi connectivity index (χ1) is 14.4. The number of anilines is 1. The Morgan fingerprint density at radius 2 is 1.70 bits per heavy atom. The molecule has 0 spiro atoms. The third kappa shape index (κ3) is 7.40. The van der Waals surface area contributed by atoms with Crippen LogP contribution in [0.4, 0.5) is 5.69 Å². The molecule has 8 nitrogen and oxygen atoms in total. The molecule has 0 bridgehead atoms. The van der Waals surface area contributed by atoms with E-state index < -0.39 is 24.4 Å². The molecule has 0 saturated heterocycles. The Kier molecular flexibility index (Phi) is 9.14. The van der Waals surface area contributed by atoms with E-state index in [1.54, 1.807) is 42.5 Å². The number of carbonyl (C=O) groups excluding carboxylic acids is 3. The second kappa shape index (κ2) is 11.8. The Hall–Kier alpha value is -3.07. The maximum atomic E-state index is 12.0. The monoisotopic (exact) mass is 478 g/mol. The molecule has 0 aromatic heterocycles. The van der Waals surface area contributed by atoms with Gasteiger partial charge < -0.3 is 24.8 Å². The Labute approximate surface area is 183 Å². The highest BCUT2D eigenvalue weighted by Crippen LogP contribution is 2.30. The van der Waals surface area contributed by atoms with Gasteiger partial charge >= 0.3 is 5.97 Å². The zero-order valence-electron chi connectivity index (χ0n) is 16.7. The number of hydrogen-bond donors (Lipinski definition) is 2. The molecule has 2 aromatic carbocycles. The third-order valence-corrected chi connectivity index (χ3v) is 4.16. The maximum Gasteiger partial charge on any atom is 0.325 e. The maximum absolute atomic E-state index is 12.0. The van der Waals surface area contributed by atoms with Gasteiger partial charge in [-0.05, 0) is 44.2 Å². The number of hydrogen-bond acceptors (Lipinski definition) is 6. The van der Waals surface area contributed by atoms with Crippen LogP contribution in [0.25, 0.3) is 0 Å². The SMILES string of the molecule is CCOc1ccc(NC(=O)COC(=O)CNC(=O)c2cccc(Br)c2)cc1OCC. The van der Waals surface area contributed by atoms with Crippen molar-refractivity contribution in [2.45, 2.75) is 13.8 Å². The predicted octanol–water partition coefficient (Wildman–Crippen LogP) is 3.16. The molecule has 0 heterocycles. The summed E-state index contributed by atoms with van der Waals surface area (Å²) in [6.07, 6.45) is 0. The standard InChI is InChI=1S/C21H23BrN2O6/c1-3-28-17-9-8-16(11-18(17)29-4-2)24-19(25)13-30-20(26)12-23-21(27)14-6-5-7-15(22)10-14/h5-11H,3-4,12-13H2,1-2H3,(H,23,27)(H,24,25). The molecule has 0 aliphatic heterocycles. The molecule has 0 unspecified atom stereocenters. The summed E-state index contributed by atoms with van der Waals surface area (Å²) in [5.74, 6) is -0.589. The van der Waals surface area contributed by atoms with Crippen LogP contribution >= 0.6 is 15.9 Å². The molecule has 2 amide bonds. The molecule has 2 rings (SSSR count). The molecule has 0 aliphatic carbocycles. The van der Waals surface area contributed by atoms with Crippen LogP contribution < -0.4 is 20.1 Å². The normalized spacial score (nSPS) is 10.1. The highest BCUT2D eigenvalue weighted by molar-refractivity contribution is 9.10. The van der Waals surface area contributed by atoms with Crippen molar-refractivity contribution in [1.29, 1.82) is 0 Å². The van der Waals surface area contributed by atoms with Crippen molar-refractivity contribution < 1.29 is 28.6 Å². The lowest BCUT2D eigenvalue weighted by Crippen LogP contribution is -2.32. The molecule has 0 fully saturated rings. The van der Waals surface area contributed by atoms with Crippen molar-refractivity contribution in [2.75, 3.05) is 31.7 Å². The topological polar surface area (TPSA) is 103 Å². The molecule has 0 atom stereocenters. The van der Waals surface area contributed by atoms with Crippen molar-refractivity contribution in [1.82, 2.24) is 5.32 Å². The van der Waals surface area contributed by atoms with Gasteiger partial charge in [-0.3, -0.25) is 14.4 Å². The summed E-state index contributed by atoms with van der Waals surface area (Å²) < 4.78 is 16.6. The second-order valence-corrected chi connectivity index (χ2v) is 6.85. The van der Waals surface area contributed by atoms with Crippen LogP contribution in [-0.4, -0.2) is 44.1 Å². The fourth-order valence-electron chi connectivity index (χ4n) is 2.41. The number of esters is 1. The largest absolute Gasteiger partial charge is 0.490 e. The summed E-state index contributed by atoms with van der Waals surface area (Å²) >= 11 is 3.27. The summed E-state index contributed by atoms with van der Waals surface area (Å²) in [7, 11) is 0. The lowest BCUT2D eigenvalue weighted by atomic mass is 10.2. The summed E-state index contributed by atoms with van der Waals surface area (Å²) in [5.41, 5.74) is 0.876. The minimum absolute atomic E-state index is 0.351. The van der Waals surface area contributed by atoms with E-state index in [9.17, 15) is 14.4 Å². The lowest BCUT2D eigenvalue weighted by molar-refractivity contribution is -0.146. The number of benzene rings is 2. The van der Waals surface area contributed by atoms with E-state index >= 15 is 0 Å². The second-order valence-electron chi connectivity index (χ2n) is 5.93. The van der Waals surface area contributed by atoms with Crippen LogP contribution in [-0.2, 0) is 14.3 Å². The third-order valence-electron chi connectivity index (χ3n) is 3.67. The Balaban J connectivity index is 1.80. The molecule has 9 heteroatoms. The molecule has 160 valence electrons. The highest BCUT2D eigenvalue weighted by atomic mass is 79.9. The Morgan fingerprint density at radius 1 is 0.967 bits per heavy atom. The average Bonchev–Trinajstić information content (AvgIpc) is 2.72. The molecule has 0 aliphatic rings. The highest BCUT2D eigenvalue weighted by Gasteiger charge is 2.12. The number of ether oxygens (including phenoxy) is 3. The van der Waals surface area contributed by atoms with Gasteiger partial charge in [-0.25, -0.2) is 0 Å². The van der Waals surface area contributed by atoms with Gasteiger partial charge in [0, 0.05) is 21.8 Å². The van der Waals surface area contributed by atoms with E-state index in [2.05, 4.69) is 26.6 Å². The van der Waals surface area contributed by atoms with E-state index in [1.165, 1.54) is 0 Å². The first-order valence-electron chi connectivity index (χ1n) is 9.31. The summed E-state index contributed by atoms with van der Waals surface area (Å²) in [6.45, 7) is 3.80. The van der Waals surface area contributed by atoms with Crippen molar-refractivity contribution in [3.05, 3.63) is 52.5 Å². The Bertz CT molecular complexity index is 903. The molecular formula is C21H23BrN2O6. The Morgan fingerprint density at radius 3 is 2.40 bits per heavy atom. The van der Waals surface area contributed by atoms with Crippen LogP contribution in [0.15, 0.2) is 46.9 Å². The lowest BCUT2D eigenvalue weighted by Gasteiger charge is -2.13. The van der Waals surface area contributed by atoms with Gasteiger partial charge in [0.05, 0.1) is 13.2 Å². The minimum Gasteiger partial charge on any atom is -0.490 e. The van der Waals surface area contributed by atoms with E-state index in [0.717, 1.165) is 4.47 Å². The first kappa shape index (κ1) is 23.2. The predicted molar refractivity (Wildman–Crippen MR) is 115 cm³/mol. The quantitative estimate of drug-likeness (QED) is 0.508. The van der Waals surface area contributed by atoms with Gasteiger partial charge in [-0.1, -0.05) is 22.0 Å². The van der Waals surface area contributed by atoms with Crippen LogP contribution in [0, 0.1) is 0 Å². The van der Waals surface area contributed by atoms with Crippen LogP contribution in [0.1, 0.15) is 24.2 Å². The zero-order valence-corrected chi connectivity index (χ0v) is 18.3. The van der Waals surface area contributed by atoms with Gasteiger partial charge in [-0.2, -0.15) is 0 Å². The number of nitrogens with one attached hydrogen (secondary N) is 2. The van der Waals surface area contributed by atoms with Crippen molar-refractivity contribution in [3.8, 4) is 11.5 Å². The van der Waals surface area contributed by atoms with E-state index in [1.807, 2.05) is 13.8 Å². The smallest absolute Gasteiger partial charge is 0.325 e. The summed E-state index contributed by atoms with van der Waals surface area (Å²) in [4.78, 5) is 35.8. The molecule has 2 aromatic rings. The number of rotatable bonds is 10.